The van der Waals surface area contributed by atoms with Gasteiger partial charge in [-0.1, -0.05) is 11.6 Å². The number of aromatic nitrogens is 1. The van der Waals surface area contributed by atoms with Gasteiger partial charge in [-0.05, 0) is 68.6 Å². The van der Waals surface area contributed by atoms with Crippen molar-refractivity contribution in [3.8, 4) is 5.69 Å². The van der Waals surface area contributed by atoms with Gasteiger partial charge >= 0.3 is 0 Å². The van der Waals surface area contributed by atoms with Crippen molar-refractivity contribution in [3.63, 3.8) is 0 Å². The standard InChI is InChI=1S/C21H19ClFN3O2S/c1-12-10-17(13(2)26(12)15-6-4-14(23)5-7-15)20(27)24-25-21(28)18-11-16(29-3)8-9-19(18)22/h4-11H,1-3H3,(H,24,27)(H,25,28). The van der Waals surface area contributed by atoms with Crippen molar-refractivity contribution in [2.75, 3.05) is 6.26 Å². The third-order valence-corrected chi connectivity index (χ3v) is 5.52. The molecule has 2 aromatic carbocycles. The smallest absolute Gasteiger partial charge is 0.271 e. The molecular formula is C21H19ClFN3O2S. The zero-order valence-corrected chi connectivity index (χ0v) is 17.6. The molecule has 0 radical (unpaired) electrons. The number of rotatable bonds is 4. The van der Waals surface area contributed by atoms with Crippen molar-refractivity contribution in [2.24, 2.45) is 0 Å². The summed E-state index contributed by atoms with van der Waals surface area (Å²) in [6, 6.07) is 12.8. The fourth-order valence-electron chi connectivity index (χ4n) is 3.03. The van der Waals surface area contributed by atoms with Crippen molar-refractivity contribution in [1.82, 2.24) is 15.4 Å². The van der Waals surface area contributed by atoms with E-state index in [0.29, 0.717) is 16.3 Å². The van der Waals surface area contributed by atoms with Crippen molar-refractivity contribution >= 4 is 35.2 Å². The summed E-state index contributed by atoms with van der Waals surface area (Å²) in [5.41, 5.74) is 7.72. The molecule has 8 heteroatoms. The second-order valence-corrected chi connectivity index (χ2v) is 7.64. The second-order valence-electron chi connectivity index (χ2n) is 6.35. The molecule has 5 nitrogen and oxygen atoms in total. The maximum atomic E-state index is 13.2. The number of benzene rings is 2. The van der Waals surface area contributed by atoms with Crippen LogP contribution in [0.1, 0.15) is 32.1 Å². The van der Waals surface area contributed by atoms with Crippen LogP contribution >= 0.6 is 23.4 Å². The van der Waals surface area contributed by atoms with Crippen molar-refractivity contribution in [2.45, 2.75) is 18.7 Å². The molecule has 2 N–H and O–H groups in total. The Balaban J connectivity index is 1.77. The molecule has 0 saturated carbocycles. The Morgan fingerprint density at radius 1 is 0.966 bits per heavy atom. The number of hydrogen-bond donors (Lipinski definition) is 2. The molecule has 3 aromatic rings. The number of hydrogen-bond acceptors (Lipinski definition) is 3. The molecule has 2 amide bonds. The van der Waals surface area contributed by atoms with Crippen LogP contribution in [0.25, 0.3) is 5.69 Å². The molecule has 0 aliphatic heterocycles. The third-order valence-electron chi connectivity index (χ3n) is 4.47. The Labute approximate surface area is 177 Å². The Hall–Kier alpha value is -2.77. The van der Waals surface area contributed by atoms with E-state index in [0.717, 1.165) is 16.3 Å². The number of nitrogens with zero attached hydrogens (tertiary/aromatic N) is 1. The van der Waals surface area contributed by atoms with E-state index < -0.39 is 11.8 Å². The van der Waals surface area contributed by atoms with E-state index in [1.54, 1.807) is 37.3 Å². The molecule has 1 aromatic heterocycles. The van der Waals surface area contributed by atoms with Gasteiger partial charge in [0.05, 0.1) is 16.1 Å². The van der Waals surface area contributed by atoms with E-state index in [1.807, 2.05) is 23.8 Å². The summed E-state index contributed by atoms with van der Waals surface area (Å²) in [5.74, 6) is -1.30. The van der Waals surface area contributed by atoms with E-state index in [2.05, 4.69) is 10.9 Å². The number of halogens is 2. The zero-order chi connectivity index (χ0) is 21.1. The molecular weight excluding hydrogens is 413 g/mol. The normalized spacial score (nSPS) is 10.7. The number of aryl methyl sites for hydroxylation is 1. The highest BCUT2D eigenvalue weighted by molar-refractivity contribution is 7.98. The first-order valence-corrected chi connectivity index (χ1v) is 10.3. The lowest BCUT2D eigenvalue weighted by atomic mass is 10.2. The van der Waals surface area contributed by atoms with E-state index in [4.69, 9.17) is 11.6 Å². The third kappa shape index (κ3) is 4.46. The van der Waals surface area contributed by atoms with Crippen molar-refractivity contribution in [3.05, 3.63) is 81.9 Å². The quantitative estimate of drug-likeness (QED) is 0.465. The molecule has 0 bridgehead atoms. The maximum absolute atomic E-state index is 13.2. The monoisotopic (exact) mass is 431 g/mol. The summed E-state index contributed by atoms with van der Waals surface area (Å²) < 4.78 is 15.0. The predicted molar refractivity (Wildman–Crippen MR) is 113 cm³/mol. The highest BCUT2D eigenvalue weighted by atomic mass is 35.5. The number of hydrazine groups is 1. The van der Waals surface area contributed by atoms with E-state index >= 15 is 0 Å². The largest absolute Gasteiger partial charge is 0.318 e. The van der Waals surface area contributed by atoms with Crippen LogP contribution in [0.15, 0.2) is 53.4 Å². The van der Waals surface area contributed by atoms with Crippen LogP contribution < -0.4 is 10.9 Å². The van der Waals surface area contributed by atoms with Crippen LogP contribution in [-0.2, 0) is 0 Å². The molecule has 0 atom stereocenters. The lowest BCUT2D eigenvalue weighted by Crippen LogP contribution is -2.41. The van der Waals surface area contributed by atoms with Gasteiger partial charge in [0.1, 0.15) is 5.82 Å². The van der Waals surface area contributed by atoms with Gasteiger partial charge in [-0.3, -0.25) is 20.4 Å². The number of carbonyl (C=O) groups excluding carboxylic acids is 2. The lowest BCUT2D eigenvalue weighted by molar-refractivity contribution is 0.0846. The minimum Gasteiger partial charge on any atom is -0.318 e. The van der Waals surface area contributed by atoms with E-state index in [1.165, 1.54) is 23.9 Å². The summed E-state index contributed by atoms with van der Waals surface area (Å²) in [6.07, 6.45) is 1.89. The van der Waals surface area contributed by atoms with E-state index in [9.17, 15) is 14.0 Å². The summed E-state index contributed by atoms with van der Waals surface area (Å²) in [4.78, 5) is 25.9. The minimum absolute atomic E-state index is 0.274. The fourth-order valence-corrected chi connectivity index (χ4v) is 3.68. The molecule has 3 rings (SSSR count). The first-order valence-electron chi connectivity index (χ1n) is 8.71. The average molecular weight is 432 g/mol. The number of amides is 2. The summed E-state index contributed by atoms with van der Waals surface area (Å²) in [6.45, 7) is 3.63. The summed E-state index contributed by atoms with van der Waals surface area (Å²) >= 11 is 7.58. The van der Waals surface area contributed by atoms with Crippen molar-refractivity contribution in [1.29, 1.82) is 0 Å². The molecule has 0 unspecified atom stereocenters. The first kappa shape index (κ1) is 21.0. The Morgan fingerprint density at radius 3 is 2.21 bits per heavy atom. The number of thioether (sulfide) groups is 1. The van der Waals surface area contributed by atoms with Crippen LogP contribution in [0.3, 0.4) is 0 Å². The predicted octanol–water partition coefficient (Wildman–Crippen LogP) is 4.68. The number of nitrogens with one attached hydrogen (secondary N) is 2. The first-order chi connectivity index (χ1) is 13.8. The molecule has 150 valence electrons. The SMILES string of the molecule is CSc1ccc(Cl)c(C(=O)NNC(=O)c2cc(C)n(-c3ccc(F)cc3)c2C)c1. The lowest BCUT2D eigenvalue weighted by Gasteiger charge is -2.11. The van der Waals surface area contributed by atoms with Gasteiger partial charge in [0.2, 0.25) is 0 Å². The molecule has 0 spiro atoms. The topological polar surface area (TPSA) is 63.1 Å². The summed E-state index contributed by atoms with van der Waals surface area (Å²) in [5, 5.41) is 0.295. The molecule has 0 aliphatic rings. The Kier molecular flexibility index (Phi) is 6.30. The number of carbonyl (C=O) groups is 2. The van der Waals surface area contributed by atoms with Gasteiger partial charge in [0.25, 0.3) is 11.8 Å². The van der Waals surface area contributed by atoms with Crippen molar-refractivity contribution < 1.29 is 14.0 Å². The highest BCUT2D eigenvalue weighted by Crippen LogP contribution is 2.23. The van der Waals surface area contributed by atoms with Gasteiger partial charge < -0.3 is 4.57 Å². The van der Waals surface area contributed by atoms with Crippen LogP contribution in [0.5, 0.6) is 0 Å². The van der Waals surface area contributed by atoms with Gasteiger partial charge in [-0.15, -0.1) is 11.8 Å². The van der Waals surface area contributed by atoms with E-state index in [-0.39, 0.29) is 11.4 Å². The van der Waals surface area contributed by atoms with Crippen LogP contribution in [0.4, 0.5) is 4.39 Å². The molecule has 29 heavy (non-hydrogen) atoms. The maximum Gasteiger partial charge on any atom is 0.271 e. The zero-order valence-electron chi connectivity index (χ0n) is 16.0. The van der Waals surface area contributed by atoms with Crippen LogP contribution in [0.2, 0.25) is 5.02 Å². The van der Waals surface area contributed by atoms with Gasteiger partial charge in [0, 0.05) is 22.0 Å². The molecule has 0 aliphatic carbocycles. The van der Waals surface area contributed by atoms with Crippen LogP contribution in [0, 0.1) is 19.7 Å². The average Bonchev–Trinajstić information content (AvgIpc) is 3.01. The molecule has 0 fully saturated rings. The Morgan fingerprint density at radius 2 is 1.59 bits per heavy atom. The molecule has 1 heterocycles. The highest BCUT2D eigenvalue weighted by Gasteiger charge is 2.18. The van der Waals surface area contributed by atoms with Gasteiger partial charge in [-0.25, -0.2) is 4.39 Å². The second kappa shape index (κ2) is 8.71. The van der Waals surface area contributed by atoms with Gasteiger partial charge in [0.15, 0.2) is 0 Å². The molecule has 0 saturated heterocycles. The van der Waals surface area contributed by atoms with Crippen LogP contribution in [-0.4, -0.2) is 22.6 Å². The fraction of sp³-hybridized carbons (Fsp3) is 0.143. The Bertz CT molecular complexity index is 1080. The minimum atomic E-state index is -0.508. The summed E-state index contributed by atoms with van der Waals surface area (Å²) in [7, 11) is 0. The van der Waals surface area contributed by atoms with Gasteiger partial charge in [-0.2, -0.15) is 0 Å².